The molecule has 0 fully saturated rings. The molecule has 0 unspecified atom stereocenters. The third-order valence-electron chi connectivity index (χ3n) is 2.25. The monoisotopic (exact) mass is 218 g/mol. The largest absolute Gasteiger partial charge is 0.311 e. The summed E-state index contributed by atoms with van der Waals surface area (Å²) in [5, 5.41) is 0. The van der Waals surface area contributed by atoms with Crippen LogP contribution in [0.1, 0.15) is 12.7 Å². The number of halogens is 1. The van der Waals surface area contributed by atoms with Crippen molar-refractivity contribution < 1.29 is 4.39 Å². The number of aromatic amines is 1. The normalized spacial score (nSPS) is 10.4. The number of hydrogen-bond donors (Lipinski definition) is 1. The average molecular weight is 218 g/mol. The van der Waals surface area contributed by atoms with Gasteiger partial charge in [-0.1, -0.05) is 19.1 Å². The molecule has 0 aliphatic rings. The predicted octanol–water partition coefficient (Wildman–Crippen LogP) is 2.14. The lowest BCUT2D eigenvalue weighted by molar-refractivity contribution is 0.628. The summed E-state index contributed by atoms with van der Waals surface area (Å²) >= 11 is 0. The Morgan fingerprint density at radius 3 is 2.88 bits per heavy atom. The van der Waals surface area contributed by atoms with Gasteiger partial charge in [-0.2, -0.15) is 0 Å². The molecule has 4 heteroatoms. The van der Waals surface area contributed by atoms with E-state index in [2.05, 4.69) is 9.97 Å². The van der Waals surface area contributed by atoms with E-state index in [1.165, 1.54) is 18.2 Å². The highest BCUT2D eigenvalue weighted by Crippen LogP contribution is 2.16. The van der Waals surface area contributed by atoms with Gasteiger partial charge >= 0.3 is 0 Å². The minimum absolute atomic E-state index is 0.217. The maximum atomic E-state index is 13.0. The minimum atomic E-state index is -0.336. The lowest BCUT2D eigenvalue weighted by atomic mass is 10.1. The second kappa shape index (κ2) is 4.26. The molecule has 82 valence electrons. The van der Waals surface area contributed by atoms with Crippen molar-refractivity contribution in [3.63, 3.8) is 0 Å². The van der Waals surface area contributed by atoms with Crippen LogP contribution >= 0.6 is 0 Å². The fourth-order valence-electron chi connectivity index (χ4n) is 1.47. The number of aryl methyl sites for hydroxylation is 1. The number of aromatic nitrogens is 2. The average Bonchev–Trinajstić information content (AvgIpc) is 2.28. The van der Waals surface area contributed by atoms with E-state index in [4.69, 9.17) is 0 Å². The van der Waals surface area contributed by atoms with Crippen molar-refractivity contribution in [1.29, 1.82) is 0 Å². The third-order valence-corrected chi connectivity index (χ3v) is 2.25. The number of hydrogen-bond acceptors (Lipinski definition) is 2. The van der Waals surface area contributed by atoms with Gasteiger partial charge in [0.15, 0.2) is 0 Å². The Balaban J connectivity index is 2.55. The summed E-state index contributed by atoms with van der Waals surface area (Å²) in [6.07, 6.45) is 0.637. The Labute approximate surface area is 92.0 Å². The summed E-state index contributed by atoms with van der Waals surface area (Å²) < 4.78 is 13.0. The predicted molar refractivity (Wildman–Crippen MR) is 59.6 cm³/mol. The molecule has 0 spiro atoms. The van der Waals surface area contributed by atoms with Crippen LogP contribution in [0.5, 0.6) is 0 Å². The molecule has 0 bridgehead atoms. The van der Waals surface area contributed by atoms with Gasteiger partial charge in [0, 0.05) is 18.1 Å². The van der Waals surface area contributed by atoms with Crippen molar-refractivity contribution in [2.75, 3.05) is 0 Å². The van der Waals surface area contributed by atoms with Gasteiger partial charge in [0.25, 0.3) is 5.56 Å². The lowest BCUT2D eigenvalue weighted by Gasteiger charge is -2.02. The molecule has 0 saturated heterocycles. The highest BCUT2D eigenvalue weighted by atomic mass is 19.1. The summed E-state index contributed by atoms with van der Waals surface area (Å²) in [5.74, 6) is 0.268. The summed E-state index contributed by atoms with van der Waals surface area (Å²) in [7, 11) is 0. The minimum Gasteiger partial charge on any atom is -0.311 e. The quantitative estimate of drug-likeness (QED) is 0.839. The number of nitrogens with zero attached hydrogens (tertiary/aromatic N) is 1. The van der Waals surface area contributed by atoms with E-state index >= 15 is 0 Å². The first kappa shape index (κ1) is 10.5. The Bertz CT molecular complexity index is 563. The van der Waals surface area contributed by atoms with Gasteiger partial charge in [0.2, 0.25) is 0 Å². The second-order valence-electron chi connectivity index (χ2n) is 3.44. The van der Waals surface area contributed by atoms with E-state index in [1.54, 1.807) is 12.1 Å². The molecule has 1 aromatic carbocycles. The van der Waals surface area contributed by atoms with Gasteiger partial charge < -0.3 is 4.98 Å². The van der Waals surface area contributed by atoms with Crippen LogP contribution in [0.15, 0.2) is 35.1 Å². The van der Waals surface area contributed by atoms with Gasteiger partial charge in [-0.3, -0.25) is 4.79 Å². The maximum Gasteiger partial charge on any atom is 0.251 e. The molecule has 2 rings (SSSR count). The van der Waals surface area contributed by atoms with Crippen molar-refractivity contribution in [2.24, 2.45) is 0 Å². The number of H-pyrrole nitrogens is 1. The van der Waals surface area contributed by atoms with E-state index in [-0.39, 0.29) is 11.4 Å². The Kier molecular flexibility index (Phi) is 2.81. The Morgan fingerprint density at radius 2 is 2.19 bits per heavy atom. The standard InChI is InChI=1S/C12H11FN2O/c1-2-11-14-10(7-12(16)15-11)8-4-3-5-9(13)6-8/h3-7H,2H2,1H3,(H,14,15,16). The molecule has 1 aromatic heterocycles. The molecule has 0 saturated carbocycles. The van der Waals surface area contributed by atoms with Crippen molar-refractivity contribution in [3.8, 4) is 11.3 Å². The van der Waals surface area contributed by atoms with Gasteiger partial charge in [-0.05, 0) is 12.1 Å². The molecule has 0 atom stereocenters. The zero-order chi connectivity index (χ0) is 11.5. The number of nitrogens with one attached hydrogen (secondary N) is 1. The van der Waals surface area contributed by atoms with Gasteiger partial charge in [0.1, 0.15) is 11.6 Å². The van der Waals surface area contributed by atoms with Crippen LogP contribution in [-0.2, 0) is 6.42 Å². The highest BCUT2D eigenvalue weighted by Gasteiger charge is 2.03. The van der Waals surface area contributed by atoms with E-state index in [9.17, 15) is 9.18 Å². The molecular weight excluding hydrogens is 207 g/mol. The number of benzene rings is 1. The van der Waals surface area contributed by atoms with Crippen molar-refractivity contribution in [3.05, 3.63) is 52.3 Å². The van der Waals surface area contributed by atoms with Crippen LogP contribution < -0.4 is 5.56 Å². The lowest BCUT2D eigenvalue weighted by Crippen LogP contribution is -2.10. The van der Waals surface area contributed by atoms with Crippen molar-refractivity contribution in [1.82, 2.24) is 9.97 Å². The fourth-order valence-corrected chi connectivity index (χ4v) is 1.47. The van der Waals surface area contributed by atoms with Crippen LogP contribution in [-0.4, -0.2) is 9.97 Å². The Morgan fingerprint density at radius 1 is 1.38 bits per heavy atom. The smallest absolute Gasteiger partial charge is 0.251 e. The highest BCUT2D eigenvalue weighted by molar-refractivity contribution is 5.58. The molecule has 16 heavy (non-hydrogen) atoms. The molecule has 1 heterocycles. The zero-order valence-corrected chi connectivity index (χ0v) is 8.83. The van der Waals surface area contributed by atoms with E-state index in [0.29, 0.717) is 23.5 Å². The van der Waals surface area contributed by atoms with Crippen LogP contribution in [0.4, 0.5) is 4.39 Å². The molecule has 2 aromatic rings. The maximum absolute atomic E-state index is 13.0. The fraction of sp³-hybridized carbons (Fsp3) is 0.167. The summed E-state index contributed by atoms with van der Waals surface area (Å²) in [6, 6.07) is 7.41. The second-order valence-corrected chi connectivity index (χ2v) is 3.44. The van der Waals surface area contributed by atoms with Crippen LogP contribution in [0.25, 0.3) is 11.3 Å². The molecule has 3 nitrogen and oxygen atoms in total. The molecular formula is C12H11FN2O. The first-order valence-electron chi connectivity index (χ1n) is 5.05. The van der Waals surface area contributed by atoms with Gasteiger partial charge in [-0.25, -0.2) is 9.37 Å². The SMILES string of the molecule is CCc1nc(-c2cccc(F)c2)cc(=O)[nH]1. The molecule has 0 aliphatic heterocycles. The molecule has 1 N–H and O–H groups in total. The summed E-state index contributed by atoms with van der Waals surface area (Å²) in [6.45, 7) is 1.90. The van der Waals surface area contributed by atoms with Gasteiger partial charge in [-0.15, -0.1) is 0 Å². The number of rotatable bonds is 2. The van der Waals surface area contributed by atoms with Crippen LogP contribution in [0.2, 0.25) is 0 Å². The molecule has 0 amide bonds. The topological polar surface area (TPSA) is 45.8 Å². The van der Waals surface area contributed by atoms with E-state index in [1.807, 2.05) is 6.92 Å². The third kappa shape index (κ3) is 2.16. The van der Waals surface area contributed by atoms with E-state index < -0.39 is 0 Å². The summed E-state index contributed by atoms with van der Waals surface area (Å²) in [5.41, 5.74) is 0.895. The first-order chi connectivity index (χ1) is 7.69. The van der Waals surface area contributed by atoms with Crippen LogP contribution in [0, 0.1) is 5.82 Å². The molecule has 0 aliphatic carbocycles. The summed E-state index contributed by atoms with van der Waals surface area (Å²) in [4.78, 5) is 18.2. The van der Waals surface area contributed by atoms with Crippen LogP contribution in [0.3, 0.4) is 0 Å². The molecule has 0 radical (unpaired) electrons. The van der Waals surface area contributed by atoms with E-state index in [0.717, 1.165) is 0 Å². The van der Waals surface area contributed by atoms with Crippen molar-refractivity contribution in [2.45, 2.75) is 13.3 Å². The zero-order valence-electron chi connectivity index (χ0n) is 8.83. The van der Waals surface area contributed by atoms with Crippen molar-refractivity contribution >= 4 is 0 Å². The van der Waals surface area contributed by atoms with Gasteiger partial charge in [0.05, 0.1) is 5.69 Å². The Hall–Kier alpha value is -1.97. The first-order valence-corrected chi connectivity index (χ1v) is 5.05.